The topological polar surface area (TPSA) is 174 Å². The van der Waals surface area contributed by atoms with Crippen molar-refractivity contribution in [2.45, 2.75) is 107 Å². The number of allylic oxidation sites excluding steroid dienone is 20. The number of hydrogen-bond donors (Lipinski definition) is 6. The van der Waals surface area contributed by atoms with Gasteiger partial charge in [-0.3, -0.25) is 0 Å². The molecule has 0 bridgehead atoms. The summed E-state index contributed by atoms with van der Waals surface area (Å²) in [7, 11) is 0. The van der Waals surface area contributed by atoms with Crippen molar-refractivity contribution in [3.05, 3.63) is 165 Å². The molecule has 2 aliphatic carbocycles. The molecule has 340 valence electrons. The maximum absolute atomic E-state index is 12.8. The smallest absolute Gasteiger partial charge is 0.338 e. The Kier molecular flexibility index (Phi) is 16.9. The molecule has 6 N–H and O–H groups in total. The van der Waals surface area contributed by atoms with E-state index in [9.17, 15) is 40.2 Å². The van der Waals surface area contributed by atoms with E-state index in [4.69, 9.17) is 9.47 Å². The highest BCUT2D eigenvalue weighted by Gasteiger charge is 2.36. The first kappa shape index (κ1) is 50.0. The molecule has 2 atom stereocenters. The number of phenolic OH excluding ortho intramolecular Hbond substituents is 6. The maximum atomic E-state index is 12.8. The number of phenols is 6. The van der Waals surface area contributed by atoms with E-state index in [-0.39, 0.29) is 34.2 Å². The van der Waals surface area contributed by atoms with Crippen molar-refractivity contribution < 1.29 is 49.7 Å². The Hall–Kier alpha value is -6.68. The zero-order valence-corrected chi connectivity index (χ0v) is 38.7. The van der Waals surface area contributed by atoms with Crippen LogP contribution in [0.3, 0.4) is 0 Å². The third-order valence-electron chi connectivity index (χ3n) is 11.4. The molecule has 4 rings (SSSR count). The highest BCUT2D eigenvalue weighted by molar-refractivity contribution is 5.92. The van der Waals surface area contributed by atoms with E-state index in [1.54, 1.807) is 0 Å². The lowest BCUT2D eigenvalue weighted by atomic mass is 9.71. The molecule has 0 heterocycles. The van der Waals surface area contributed by atoms with E-state index in [1.165, 1.54) is 11.1 Å². The Morgan fingerprint density at radius 1 is 0.516 bits per heavy atom. The van der Waals surface area contributed by atoms with Crippen LogP contribution < -0.4 is 0 Å². The van der Waals surface area contributed by atoms with Crippen LogP contribution in [0.15, 0.2) is 154 Å². The second-order valence-electron chi connectivity index (χ2n) is 18.2. The number of hydrogen-bond acceptors (Lipinski definition) is 10. The van der Waals surface area contributed by atoms with Crippen LogP contribution in [-0.2, 0) is 9.47 Å². The molecule has 0 radical (unpaired) electrons. The predicted molar refractivity (Wildman–Crippen MR) is 253 cm³/mol. The first-order chi connectivity index (χ1) is 30.0. The molecule has 0 spiro atoms. The fourth-order valence-electron chi connectivity index (χ4n) is 8.12. The molecule has 0 aliphatic heterocycles. The Morgan fingerprint density at radius 3 is 1.12 bits per heavy atom. The minimum Gasteiger partial charge on any atom is -0.504 e. The molecule has 0 fully saturated rings. The second kappa shape index (κ2) is 21.6. The van der Waals surface area contributed by atoms with E-state index in [2.05, 4.69) is 88.5 Å². The molecular weight excluding hydrogens is 809 g/mol. The van der Waals surface area contributed by atoms with Gasteiger partial charge < -0.3 is 40.1 Å². The third kappa shape index (κ3) is 13.9. The summed E-state index contributed by atoms with van der Waals surface area (Å²) in [4.78, 5) is 25.5. The van der Waals surface area contributed by atoms with Crippen LogP contribution in [0.25, 0.3) is 0 Å². The number of esters is 2. The second-order valence-corrected chi connectivity index (χ2v) is 18.2. The van der Waals surface area contributed by atoms with Crippen molar-refractivity contribution in [2.75, 3.05) is 0 Å². The van der Waals surface area contributed by atoms with Gasteiger partial charge in [0, 0.05) is 12.8 Å². The van der Waals surface area contributed by atoms with Crippen LogP contribution in [0, 0.1) is 10.8 Å². The van der Waals surface area contributed by atoms with Gasteiger partial charge in [0.1, 0.15) is 12.2 Å². The number of benzene rings is 2. The van der Waals surface area contributed by atoms with Gasteiger partial charge in [-0.25, -0.2) is 9.59 Å². The number of rotatable bonds is 14. The Balaban J connectivity index is 1.26. The summed E-state index contributed by atoms with van der Waals surface area (Å²) >= 11 is 0. The van der Waals surface area contributed by atoms with Crippen LogP contribution in [0.2, 0.25) is 0 Å². The van der Waals surface area contributed by atoms with Crippen LogP contribution >= 0.6 is 0 Å². The van der Waals surface area contributed by atoms with Crippen LogP contribution in [0.4, 0.5) is 0 Å². The van der Waals surface area contributed by atoms with Gasteiger partial charge >= 0.3 is 11.9 Å². The summed E-state index contributed by atoms with van der Waals surface area (Å²) in [5.74, 6) is -5.06. The third-order valence-corrected chi connectivity index (χ3v) is 11.4. The molecule has 10 heteroatoms. The van der Waals surface area contributed by atoms with Crippen molar-refractivity contribution in [3.63, 3.8) is 0 Å². The largest absolute Gasteiger partial charge is 0.504 e. The van der Waals surface area contributed by atoms with Crippen molar-refractivity contribution in [2.24, 2.45) is 10.8 Å². The van der Waals surface area contributed by atoms with E-state index in [1.807, 2.05) is 65.8 Å². The average Bonchev–Trinajstić information content (AvgIpc) is 3.18. The average molecular weight is 873 g/mol. The van der Waals surface area contributed by atoms with Crippen molar-refractivity contribution in [3.8, 4) is 34.5 Å². The van der Waals surface area contributed by atoms with Crippen LogP contribution in [0.1, 0.15) is 116 Å². The van der Waals surface area contributed by atoms with E-state index in [0.717, 1.165) is 57.7 Å². The Labute approximate surface area is 378 Å². The van der Waals surface area contributed by atoms with Gasteiger partial charge in [0.25, 0.3) is 0 Å². The molecule has 2 unspecified atom stereocenters. The van der Waals surface area contributed by atoms with Gasteiger partial charge in [0.05, 0.1) is 11.1 Å². The molecular formula is C54H64O10. The molecule has 64 heavy (non-hydrogen) atoms. The minimum absolute atomic E-state index is 0.0345. The number of ether oxygens (including phenoxy) is 2. The lowest BCUT2D eigenvalue weighted by Gasteiger charge is -2.37. The maximum Gasteiger partial charge on any atom is 0.338 e. The number of carbonyl (C=O) groups is 2. The van der Waals surface area contributed by atoms with Crippen molar-refractivity contribution in [1.29, 1.82) is 0 Å². The van der Waals surface area contributed by atoms with E-state index < -0.39 is 46.4 Å². The molecule has 10 nitrogen and oxygen atoms in total. The first-order valence-electron chi connectivity index (χ1n) is 21.4. The zero-order valence-electron chi connectivity index (χ0n) is 38.7. The molecule has 2 aromatic carbocycles. The van der Waals surface area contributed by atoms with Gasteiger partial charge in [0.2, 0.25) is 0 Å². The molecule has 0 saturated heterocycles. The Bertz CT molecular complexity index is 2240. The zero-order chi connectivity index (χ0) is 47.5. The lowest BCUT2D eigenvalue weighted by molar-refractivity contribution is 0.0177. The fraction of sp³-hybridized carbons (Fsp3) is 0.333. The van der Waals surface area contributed by atoms with Crippen LogP contribution in [-0.4, -0.2) is 54.8 Å². The standard InChI is InChI=1S/C54H64O10/c1-33(17-13-19-35(3)21-23-43-37(5)25-41(31-53(43,7)8)63-51(61)39-27-45(55)49(59)46(56)28-39)15-11-12-16-34(2)18-14-20-36(4)22-24-44-38(6)26-42(32-54(44,9)10)64-52(62)40-29-47(57)50(60)48(58)30-40/h11-24,27-30,41-42,55-60H,25-26,31-32H2,1-10H3/b12-11+,17-13+,18-14+,23-21+,24-22+,33-15+,34-16+,35-19+,36-20+. The quantitative estimate of drug-likeness (QED) is 0.0609. The normalized spacial score (nSPS) is 20.2. The highest BCUT2D eigenvalue weighted by atomic mass is 16.5. The SMILES string of the molecule is CC1=C(/C=C/C(C)=C/C=C/C(C)=C/C=C/C=C(C)/C=C/C=C(C)/C=C/C2=C(C)CC(OC(=O)c3cc(O)c(O)c(O)c3)CC2(C)C)C(C)(C)CC(OC(=O)c2cc(O)c(O)c(O)c2)C1. The summed E-state index contributed by atoms with van der Waals surface area (Å²) in [5.41, 5.74) is 8.37. The number of carbonyl (C=O) groups excluding carboxylic acids is 2. The summed E-state index contributed by atoms with van der Waals surface area (Å²) in [6.45, 7) is 20.7. The highest BCUT2D eigenvalue weighted by Crippen LogP contribution is 2.44. The van der Waals surface area contributed by atoms with Crippen LogP contribution in [0.5, 0.6) is 34.5 Å². The molecule has 0 amide bonds. The molecule has 2 aliphatic rings. The van der Waals surface area contributed by atoms with Crippen molar-refractivity contribution in [1.82, 2.24) is 0 Å². The van der Waals surface area contributed by atoms with Gasteiger partial charge in [-0.15, -0.1) is 0 Å². The fourth-order valence-corrected chi connectivity index (χ4v) is 8.12. The first-order valence-corrected chi connectivity index (χ1v) is 21.4. The summed E-state index contributed by atoms with van der Waals surface area (Å²) in [6.07, 6.45) is 30.4. The van der Waals surface area contributed by atoms with Gasteiger partial charge in [0.15, 0.2) is 34.5 Å². The van der Waals surface area contributed by atoms with Gasteiger partial charge in [-0.2, -0.15) is 0 Å². The number of aromatic hydroxyl groups is 6. The molecule has 0 aromatic heterocycles. The summed E-state index contributed by atoms with van der Waals surface area (Å²) in [6, 6.07) is 4.31. The van der Waals surface area contributed by atoms with Gasteiger partial charge in [-0.05, 0) is 101 Å². The summed E-state index contributed by atoms with van der Waals surface area (Å²) in [5, 5.41) is 58.4. The predicted octanol–water partition coefficient (Wildman–Crippen LogP) is 12.5. The molecule has 2 aromatic rings. The Morgan fingerprint density at radius 2 is 0.812 bits per heavy atom. The molecule has 0 saturated carbocycles. The minimum atomic E-state index is -0.680. The monoisotopic (exact) mass is 872 g/mol. The van der Waals surface area contributed by atoms with Crippen molar-refractivity contribution >= 4 is 11.9 Å². The van der Waals surface area contributed by atoms with E-state index in [0.29, 0.717) is 25.7 Å². The van der Waals surface area contributed by atoms with Gasteiger partial charge in [-0.1, -0.05) is 146 Å². The van der Waals surface area contributed by atoms with E-state index >= 15 is 0 Å². The lowest BCUT2D eigenvalue weighted by Crippen LogP contribution is -2.31. The summed E-state index contributed by atoms with van der Waals surface area (Å²) < 4.78 is 11.5.